The molecule has 3 aromatic rings. The van der Waals surface area contributed by atoms with Crippen LogP contribution in [0.3, 0.4) is 0 Å². The van der Waals surface area contributed by atoms with Crippen LogP contribution < -0.4 is 4.90 Å². The van der Waals surface area contributed by atoms with E-state index < -0.39 is 5.60 Å². The highest BCUT2D eigenvalue weighted by Gasteiger charge is 2.33. The third kappa shape index (κ3) is 4.24. The molecule has 5 rings (SSSR count). The summed E-state index contributed by atoms with van der Waals surface area (Å²) in [7, 11) is 0. The summed E-state index contributed by atoms with van der Waals surface area (Å²) in [6.07, 6.45) is 7.31. The van der Waals surface area contributed by atoms with Crippen molar-refractivity contribution in [3.63, 3.8) is 0 Å². The van der Waals surface area contributed by atoms with Gasteiger partial charge in [0.15, 0.2) is 0 Å². The summed E-state index contributed by atoms with van der Waals surface area (Å²) in [6.45, 7) is 9.64. The molecule has 1 amide bonds. The van der Waals surface area contributed by atoms with Crippen molar-refractivity contribution in [1.29, 1.82) is 0 Å². The minimum absolute atomic E-state index is 0.0890. The number of piperazine rings is 1. The Balaban J connectivity index is 1.51. The molecule has 1 aliphatic heterocycles. The van der Waals surface area contributed by atoms with Gasteiger partial charge in [-0.3, -0.25) is 0 Å². The molecule has 0 N–H and O–H groups in total. The van der Waals surface area contributed by atoms with Gasteiger partial charge in [0, 0.05) is 49.1 Å². The maximum Gasteiger partial charge on any atom is 0.410 e. The largest absolute Gasteiger partial charge is 0.444 e. The van der Waals surface area contributed by atoms with Gasteiger partial charge in [-0.1, -0.05) is 12.5 Å². The van der Waals surface area contributed by atoms with Crippen LogP contribution in [0.15, 0.2) is 42.7 Å². The van der Waals surface area contributed by atoms with Crippen LogP contribution in [0.1, 0.15) is 58.4 Å². The van der Waals surface area contributed by atoms with Crippen molar-refractivity contribution in [1.82, 2.24) is 14.5 Å². The molecule has 34 heavy (non-hydrogen) atoms. The van der Waals surface area contributed by atoms with Crippen molar-refractivity contribution in [3.05, 3.63) is 54.1 Å². The first-order valence-electron chi connectivity index (χ1n) is 12.2. The van der Waals surface area contributed by atoms with Crippen LogP contribution in [0.5, 0.6) is 0 Å². The molecule has 0 bridgehead atoms. The Morgan fingerprint density at radius 1 is 1.18 bits per heavy atom. The number of hydrogen-bond acceptors (Lipinski definition) is 4. The lowest BCUT2D eigenvalue weighted by atomic mass is 9.80. The Bertz CT molecular complexity index is 1210. The maximum absolute atomic E-state index is 14.0. The van der Waals surface area contributed by atoms with Crippen molar-refractivity contribution in [3.8, 4) is 5.69 Å². The van der Waals surface area contributed by atoms with Crippen LogP contribution in [-0.4, -0.2) is 51.8 Å². The van der Waals surface area contributed by atoms with Gasteiger partial charge in [-0.2, -0.15) is 0 Å². The molecule has 180 valence electrons. The lowest BCUT2D eigenvalue weighted by Crippen LogP contribution is -2.54. The molecule has 2 aliphatic rings. The van der Waals surface area contributed by atoms with Gasteiger partial charge in [0.25, 0.3) is 0 Å². The lowest BCUT2D eigenvalue weighted by Gasteiger charge is -2.41. The van der Waals surface area contributed by atoms with E-state index in [2.05, 4.69) is 22.6 Å². The number of pyridine rings is 1. The predicted octanol–water partition coefficient (Wildman–Crippen LogP) is 5.88. The average Bonchev–Trinajstić information content (AvgIpc) is 3.11. The number of fused-ring (bicyclic) bond motifs is 1. The van der Waals surface area contributed by atoms with E-state index in [4.69, 9.17) is 9.72 Å². The fraction of sp³-hybridized carbons (Fsp3) is 0.481. The zero-order valence-electron chi connectivity index (χ0n) is 20.4. The average molecular weight is 465 g/mol. The SMILES string of the molecule is CC1CN(C(=O)OC(C)(C)C)CCN1c1nccc2c1c(C1CCC1)cn2-c1cccc(F)c1. The Kier molecular flexibility index (Phi) is 5.74. The summed E-state index contributed by atoms with van der Waals surface area (Å²) in [6, 6.07) is 8.85. The van der Waals surface area contributed by atoms with E-state index >= 15 is 0 Å². The summed E-state index contributed by atoms with van der Waals surface area (Å²) in [5.74, 6) is 1.20. The molecular formula is C27H33FN4O2. The molecule has 1 saturated carbocycles. The van der Waals surface area contributed by atoms with E-state index in [0.29, 0.717) is 25.6 Å². The number of nitrogens with zero attached hydrogens (tertiary/aromatic N) is 4. The lowest BCUT2D eigenvalue weighted by molar-refractivity contribution is 0.0218. The highest BCUT2D eigenvalue weighted by atomic mass is 19.1. The fourth-order valence-corrected chi connectivity index (χ4v) is 5.04. The number of carbonyl (C=O) groups excluding carboxylic acids is 1. The smallest absolute Gasteiger partial charge is 0.410 e. The van der Waals surface area contributed by atoms with E-state index in [0.717, 1.165) is 22.4 Å². The zero-order chi connectivity index (χ0) is 24.0. The van der Waals surface area contributed by atoms with Crippen LogP contribution in [0.4, 0.5) is 15.0 Å². The molecule has 3 heterocycles. The molecule has 2 aromatic heterocycles. The second kappa shape index (κ2) is 8.60. The van der Waals surface area contributed by atoms with Gasteiger partial charge < -0.3 is 19.1 Å². The second-order valence-corrected chi connectivity index (χ2v) is 10.6. The Morgan fingerprint density at radius 3 is 2.62 bits per heavy atom. The summed E-state index contributed by atoms with van der Waals surface area (Å²) < 4.78 is 21.7. The first-order chi connectivity index (χ1) is 16.2. The molecule has 1 unspecified atom stereocenters. The van der Waals surface area contributed by atoms with Crippen molar-refractivity contribution < 1.29 is 13.9 Å². The number of anilines is 1. The van der Waals surface area contributed by atoms with Gasteiger partial charge in [0.2, 0.25) is 0 Å². The fourth-order valence-electron chi connectivity index (χ4n) is 5.04. The molecular weight excluding hydrogens is 431 g/mol. The Labute approximate surface area is 200 Å². The highest BCUT2D eigenvalue weighted by molar-refractivity contribution is 5.95. The van der Waals surface area contributed by atoms with Gasteiger partial charge in [0.05, 0.1) is 5.52 Å². The molecule has 6 nitrogen and oxygen atoms in total. The number of carbonyl (C=O) groups is 1. The first-order valence-corrected chi connectivity index (χ1v) is 12.2. The summed E-state index contributed by atoms with van der Waals surface area (Å²) >= 11 is 0. The maximum atomic E-state index is 14.0. The van der Waals surface area contributed by atoms with E-state index in [9.17, 15) is 9.18 Å². The molecule has 1 aromatic carbocycles. The van der Waals surface area contributed by atoms with Crippen LogP contribution in [0.2, 0.25) is 0 Å². The summed E-state index contributed by atoms with van der Waals surface area (Å²) in [5, 5.41) is 1.15. The first kappa shape index (κ1) is 22.7. The van der Waals surface area contributed by atoms with Gasteiger partial charge >= 0.3 is 6.09 Å². The third-order valence-electron chi connectivity index (χ3n) is 6.91. The van der Waals surface area contributed by atoms with E-state index in [-0.39, 0.29) is 18.0 Å². The zero-order valence-corrected chi connectivity index (χ0v) is 20.4. The van der Waals surface area contributed by atoms with E-state index in [1.165, 1.54) is 30.9 Å². The number of hydrogen-bond donors (Lipinski definition) is 0. The quantitative estimate of drug-likeness (QED) is 0.486. The minimum atomic E-state index is -0.512. The standard InChI is InChI=1S/C27H33FN4O2/c1-18-16-30(26(33)34-27(2,3)4)13-14-31(18)25-24-22(19-7-5-8-19)17-32(23(24)11-12-29-25)21-10-6-9-20(28)15-21/h6,9-12,15,17-19H,5,7-8,13-14,16H2,1-4H3. The normalized spacial score (nSPS) is 19.4. The molecule has 7 heteroatoms. The van der Waals surface area contributed by atoms with Crippen molar-refractivity contribution >= 4 is 22.8 Å². The van der Waals surface area contributed by atoms with Gasteiger partial charge in [0.1, 0.15) is 17.2 Å². The number of benzene rings is 1. The minimum Gasteiger partial charge on any atom is -0.444 e. The topological polar surface area (TPSA) is 50.6 Å². The number of ether oxygens (including phenoxy) is 1. The molecule has 1 saturated heterocycles. The van der Waals surface area contributed by atoms with Crippen LogP contribution in [0, 0.1) is 5.82 Å². The van der Waals surface area contributed by atoms with Crippen LogP contribution in [-0.2, 0) is 4.74 Å². The van der Waals surface area contributed by atoms with Crippen molar-refractivity contribution in [2.75, 3.05) is 24.5 Å². The summed E-state index contributed by atoms with van der Waals surface area (Å²) in [4.78, 5) is 21.6. The number of rotatable bonds is 3. The van der Waals surface area contributed by atoms with Crippen molar-refractivity contribution in [2.24, 2.45) is 0 Å². The second-order valence-electron chi connectivity index (χ2n) is 10.6. The highest BCUT2D eigenvalue weighted by Crippen LogP contribution is 2.44. The van der Waals surface area contributed by atoms with Crippen LogP contribution >= 0.6 is 0 Å². The molecule has 1 atom stereocenters. The molecule has 0 spiro atoms. The molecule has 0 radical (unpaired) electrons. The van der Waals surface area contributed by atoms with Gasteiger partial charge in [-0.05, 0) is 76.3 Å². The van der Waals surface area contributed by atoms with E-state index in [1.807, 2.05) is 39.1 Å². The number of amides is 1. The number of aromatic nitrogens is 2. The van der Waals surface area contributed by atoms with Crippen LogP contribution in [0.25, 0.3) is 16.6 Å². The molecule has 2 fully saturated rings. The van der Waals surface area contributed by atoms with Crippen molar-refractivity contribution in [2.45, 2.75) is 64.5 Å². The monoisotopic (exact) mass is 464 g/mol. The number of halogens is 1. The van der Waals surface area contributed by atoms with E-state index in [1.54, 1.807) is 17.0 Å². The third-order valence-corrected chi connectivity index (χ3v) is 6.91. The van der Waals surface area contributed by atoms with Gasteiger partial charge in [-0.15, -0.1) is 0 Å². The Hall–Kier alpha value is -3.09. The predicted molar refractivity (Wildman–Crippen MR) is 132 cm³/mol. The summed E-state index contributed by atoms with van der Waals surface area (Å²) in [5.41, 5.74) is 2.63. The molecule has 1 aliphatic carbocycles. The Morgan fingerprint density at radius 2 is 1.97 bits per heavy atom. The van der Waals surface area contributed by atoms with Gasteiger partial charge in [-0.25, -0.2) is 14.2 Å².